The summed E-state index contributed by atoms with van der Waals surface area (Å²) in [6, 6.07) is -0.197. The maximum Gasteiger partial charge on any atom is 0.243 e. The minimum atomic E-state index is -0.377. The summed E-state index contributed by atoms with van der Waals surface area (Å²) in [7, 11) is 0. The molecule has 1 aromatic rings. The van der Waals surface area contributed by atoms with Crippen molar-refractivity contribution in [2.45, 2.75) is 71.4 Å². The molecule has 120 valence electrons. The number of aromatic nitrogens is 2. The van der Waals surface area contributed by atoms with Gasteiger partial charge in [-0.05, 0) is 44.4 Å². The van der Waals surface area contributed by atoms with Gasteiger partial charge in [-0.1, -0.05) is 32.3 Å². The number of hydrogen-bond acceptors (Lipinski definition) is 5. The summed E-state index contributed by atoms with van der Waals surface area (Å²) in [5.41, 5.74) is 5.82. The minimum absolute atomic E-state index is 0.197. The van der Waals surface area contributed by atoms with Crippen LogP contribution in [0.4, 0.5) is 0 Å². The molecular formula is C16H29N3O2. The quantitative estimate of drug-likeness (QED) is 0.868. The van der Waals surface area contributed by atoms with Crippen LogP contribution in [0.2, 0.25) is 0 Å². The molecule has 2 atom stereocenters. The normalized spacial score (nSPS) is 29.3. The molecule has 21 heavy (non-hydrogen) atoms. The SMILES string of the molecule is CCOC1(c2noc(C(N)C(C)CC)n2)CCC(C)CC1. The maximum atomic E-state index is 6.19. The highest BCUT2D eigenvalue weighted by atomic mass is 16.5. The van der Waals surface area contributed by atoms with E-state index in [1.165, 1.54) is 0 Å². The summed E-state index contributed by atoms with van der Waals surface area (Å²) in [5.74, 6) is 2.29. The van der Waals surface area contributed by atoms with E-state index in [1.54, 1.807) is 0 Å². The summed E-state index contributed by atoms with van der Waals surface area (Å²) in [4.78, 5) is 4.59. The molecule has 2 unspecified atom stereocenters. The topological polar surface area (TPSA) is 74.2 Å². The second-order valence-corrected chi connectivity index (χ2v) is 6.48. The van der Waals surface area contributed by atoms with Crippen LogP contribution >= 0.6 is 0 Å². The van der Waals surface area contributed by atoms with Gasteiger partial charge in [0, 0.05) is 6.61 Å². The molecule has 0 spiro atoms. The predicted molar refractivity (Wildman–Crippen MR) is 81.6 cm³/mol. The molecule has 1 aromatic heterocycles. The predicted octanol–water partition coefficient (Wildman–Crippen LogP) is 3.56. The molecule has 1 aliphatic rings. The van der Waals surface area contributed by atoms with Gasteiger partial charge < -0.3 is 15.0 Å². The molecule has 0 bridgehead atoms. The average Bonchev–Trinajstić information content (AvgIpc) is 2.99. The molecule has 2 N–H and O–H groups in total. The Morgan fingerprint density at radius 2 is 2.05 bits per heavy atom. The highest BCUT2D eigenvalue weighted by molar-refractivity contribution is 5.05. The summed E-state index contributed by atoms with van der Waals surface area (Å²) >= 11 is 0. The Bertz CT molecular complexity index is 438. The summed E-state index contributed by atoms with van der Waals surface area (Å²) in [5, 5.41) is 4.20. The fourth-order valence-electron chi connectivity index (χ4n) is 2.99. The minimum Gasteiger partial charge on any atom is -0.367 e. The van der Waals surface area contributed by atoms with Crippen LogP contribution in [0.5, 0.6) is 0 Å². The molecule has 1 heterocycles. The van der Waals surface area contributed by atoms with Crippen LogP contribution in [0, 0.1) is 11.8 Å². The van der Waals surface area contributed by atoms with Gasteiger partial charge in [0.1, 0.15) is 5.60 Å². The Labute approximate surface area is 127 Å². The van der Waals surface area contributed by atoms with Crippen LogP contribution < -0.4 is 5.73 Å². The number of ether oxygens (including phenoxy) is 1. The van der Waals surface area contributed by atoms with Crippen molar-refractivity contribution < 1.29 is 9.26 Å². The van der Waals surface area contributed by atoms with E-state index in [1.807, 2.05) is 6.92 Å². The van der Waals surface area contributed by atoms with Crippen molar-refractivity contribution in [3.63, 3.8) is 0 Å². The van der Waals surface area contributed by atoms with Gasteiger partial charge in [0.2, 0.25) is 11.7 Å². The van der Waals surface area contributed by atoms with Gasteiger partial charge in [-0.25, -0.2) is 0 Å². The summed E-state index contributed by atoms with van der Waals surface area (Å²) in [6.45, 7) is 9.19. The zero-order chi connectivity index (χ0) is 15.5. The lowest BCUT2D eigenvalue weighted by atomic mass is 9.79. The van der Waals surface area contributed by atoms with Gasteiger partial charge in [-0.15, -0.1) is 0 Å². The van der Waals surface area contributed by atoms with Crippen molar-refractivity contribution in [3.05, 3.63) is 11.7 Å². The van der Waals surface area contributed by atoms with Crippen molar-refractivity contribution >= 4 is 0 Å². The van der Waals surface area contributed by atoms with E-state index in [4.69, 9.17) is 15.0 Å². The van der Waals surface area contributed by atoms with Crippen LogP contribution in [0.1, 0.15) is 77.6 Å². The Morgan fingerprint density at radius 3 is 2.62 bits per heavy atom. The van der Waals surface area contributed by atoms with E-state index < -0.39 is 0 Å². The molecule has 1 aliphatic carbocycles. The molecule has 5 heteroatoms. The number of hydrogen-bond donors (Lipinski definition) is 1. The summed E-state index contributed by atoms with van der Waals surface area (Å²) in [6.07, 6.45) is 5.19. The first-order chi connectivity index (χ1) is 10.0. The highest BCUT2D eigenvalue weighted by Crippen LogP contribution is 2.41. The number of rotatable bonds is 6. The van der Waals surface area contributed by atoms with Crippen molar-refractivity contribution in [1.82, 2.24) is 10.1 Å². The lowest BCUT2D eigenvalue weighted by molar-refractivity contribution is -0.0847. The van der Waals surface area contributed by atoms with Gasteiger partial charge in [0.05, 0.1) is 6.04 Å². The average molecular weight is 295 g/mol. The van der Waals surface area contributed by atoms with Crippen LogP contribution in [-0.2, 0) is 10.3 Å². The molecule has 0 aliphatic heterocycles. The molecule has 0 aromatic carbocycles. The first-order valence-electron chi connectivity index (χ1n) is 8.26. The molecule has 1 saturated carbocycles. The van der Waals surface area contributed by atoms with Crippen LogP contribution in [0.25, 0.3) is 0 Å². The van der Waals surface area contributed by atoms with Crippen LogP contribution in [-0.4, -0.2) is 16.7 Å². The third-order valence-electron chi connectivity index (χ3n) is 4.89. The molecule has 0 radical (unpaired) electrons. The molecule has 5 nitrogen and oxygen atoms in total. The largest absolute Gasteiger partial charge is 0.367 e. The van der Waals surface area contributed by atoms with Gasteiger partial charge in [-0.2, -0.15) is 4.98 Å². The molecule has 2 rings (SSSR count). The van der Waals surface area contributed by atoms with Crippen molar-refractivity contribution in [2.75, 3.05) is 6.61 Å². The second-order valence-electron chi connectivity index (χ2n) is 6.48. The van der Waals surface area contributed by atoms with E-state index in [0.717, 1.165) is 38.0 Å². The van der Waals surface area contributed by atoms with Gasteiger partial charge in [0.25, 0.3) is 0 Å². The Morgan fingerprint density at radius 1 is 1.38 bits per heavy atom. The van der Waals surface area contributed by atoms with Crippen LogP contribution in [0.3, 0.4) is 0 Å². The second kappa shape index (κ2) is 6.88. The number of nitrogens with zero attached hydrogens (tertiary/aromatic N) is 2. The Kier molecular flexibility index (Phi) is 5.38. The molecule has 0 saturated heterocycles. The Balaban J connectivity index is 2.20. The Hall–Kier alpha value is -0.940. The standard InChI is InChI=1S/C16H29N3O2/c1-5-12(4)13(17)14-18-15(19-21-14)16(20-6-2)9-7-11(3)8-10-16/h11-13H,5-10,17H2,1-4H3. The van der Waals surface area contributed by atoms with E-state index in [0.29, 0.717) is 24.2 Å². The first kappa shape index (κ1) is 16.4. The molecule has 1 fully saturated rings. The maximum absolute atomic E-state index is 6.19. The van der Waals surface area contributed by atoms with E-state index in [9.17, 15) is 0 Å². The van der Waals surface area contributed by atoms with Crippen molar-refractivity contribution in [3.8, 4) is 0 Å². The molecule has 0 amide bonds. The molecular weight excluding hydrogens is 266 g/mol. The van der Waals surface area contributed by atoms with E-state index in [-0.39, 0.29) is 11.6 Å². The van der Waals surface area contributed by atoms with Crippen LogP contribution in [0.15, 0.2) is 4.52 Å². The van der Waals surface area contributed by atoms with E-state index >= 15 is 0 Å². The smallest absolute Gasteiger partial charge is 0.243 e. The lowest BCUT2D eigenvalue weighted by Crippen LogP contribution is -2.35. The van der Waals surface area contributed by atoms with Crippen molar-refractivity contribution in [1.29, 1.82) is 0 Å². The fraction of sp³-hybridized carbons (Fsp3) is 0.875. The van der Waals surface area contributed by atoms with Gasteiger partial charge in [0.15, 0.2) is 0 Å². The van der Waals surface area contributed by atoms with Crippen molar-refractivity contribution in [2.24, 2.45) is 17.6 Å². The fourth-order valence-corrected chi connectivity index (χ4v) is 2.99. The highest BCUT2D eigenvalue weighted by Gasteiger charge is 2.41. The lowest BCUT2D eigenvalue weighted by Gasteiger charge is -2.36. The third kappa shape index (κ3) is 3.46. The third-order valence-corrected chi connectivity index (χ3v) is 4.89. The first-order valence-corrected chi connectivity index (χ1v) is 8.26. The zero-order valence-corrected chi connectivity index (χ0v) is 13.8. The summed E-state index contributed by atoms with van der Waals surface area (Å²) < 4.78 is 11.5. The van der Waals surface area contributed by atoms with Gasteiger partial charge >= 0.3 is 0 Å². The monoisotopic (exact) mass is 295 g/mol. The zero-order valence-electron chi connectivity index (χ0n) is 13.8. The number of nitrogens with two attached hydrogens (primary N) is 1. The van der Waals surface area contributed by atoms with Gasteiger partial charge in [-0.3, -0.25) is 0 Å². The van der Waals surface area contributed by atoms with E-state index in [2.05, 4.69) is 30.9 Å².